The maximum Gasteiger partial charge on any atom is 0.0891 e. The number of aliphatic hydroxyl groups excluding tert-OH is 1. The van der Waals surface area contributed by atoms with Crippen molar-refractivity contribution in [2.75, 3.05) is 11.9 Å². The third kappa shape index (κ3) is 4.73. The maximum absolute atomic E-state index is 11.2. The average molecular weight is 461 g/mol. The number of hydrogen-bond acceptors (Lipinski definition) is 2. The highest BCUT2D eigenvalue weighted by Crippen LogP contribution is 2.42. The molecule has 5 rings (SSSR count). The molecule has 4 aromatic carbocycles. The fourth-order valence-corrected chi connectivity index (χ4v) is 5.04. The van der Waals surface area contributed by atoms with Crippen molar-refractivity contribution in [3.05, 3.63) is 114 Å². The fourth-order valence-electron chi connectivity index (χ4n) is 5.04. The number of aliphatic hydroxyl groups is 1. The van der Waals surface area contributed by atoms with E-state index in [1.807, 2.05) is 0 Å². The second-order valence-corrected chi connectivity index (χ2v) is 9.44. The molecule has 0 radical (unpaired) electrons. The van der Waals surface area contributed by atoms with Gasteiger partial charge in [0.15, 0.2) is 0 Å². The zero-order chi connectivity index (χ0) is 24.4. The molecule has 0 saturated heterocycles. The van der Waals surface area contributed by atoms with E-state index in [0.29, 0.717) is 13.1 Å². The summed E-state index contributed by atoms with van der Waals surface area (Å²) >= 11 is 0. The van der Waals surface area contributed by atoms with Gasteiger partial charge in [0.2, 0.25) is 0 Å². The monoisotopic (exact) mass is 460 g/mol. The number of nitrogens with zero attached hydrogens (tertiary/aromatic N) is 1. The van der Waals surface area contributed by atoms with Crippen molar-refractivity contribution in [1.82, 2.24) is 4.57 Å². The van der Waals surface area contributed by atoms with Crippen molar-refractivity contribution in [3.63, 3.8) is 0 Å². The Morgan fingerprint density at radius 1 is 0.743 bits per heavy atom. The first-order chi connectivity index (χ1) is 17.0. The molecule has 0 aliphatic rings. The van der Waals surface area contributed by atoms with Gasteiger partial charge in [-0.1, -0.05) is 90.0 Å². The van der Waals surface area contributed by atoms with Crippen LogP contribution in [0.3, 0.4) is 0 Å². The predicted octanol–water partition coefficient (Wildman–Crippen LogP) is 7.37. The topological polar surface area (TPSA) is 37.2 Å². The maximum atomic E-state index is 11.2. The van der Waals surface area contributed by atoms with Gasteiger partial charge in [-0.15, -0.1) is 0 Å². The lowest BCUT2D eigenvalue weighted by atomic mass is 9.97. The van der Waals surface area contributed by atoms with Gasteiger partial charge >= 0.3 is 0 Å². The number of hydrogen-bond donors (Lipinski definition) is 2. The molecule has 1 atom stereocenters. The molecule has 0 bridgehead atoms. The molecular weight excluding hydrogens is 428 g/mol. The fraction of sp³-hybridized carbons (Fsp3) is 0.188. The van der Waals surface area contributed by atoms with E-state index in [1.54, 1.807) is 0 Å². The summed E-state index contributed by atoms with van der Waals surface area (Å²) in [6.07, 6.45) is -0.557. The minimum atomic E-state index is -0.557. The molecule has 1 aromatic heterocycles. The van der Waals surface area contributed by atoms with Gasteiger partial charge in [-0.2, -0.15) is 0 Å². The van der Waals surface area contributed by atoms with Gasteiger partial charge in [0.05, 0.1) is 23.9 Å². The van der Waals surface area contributed by atoms with E-state index in [0.717, 1.165) is 16.9 Å². The van der Waals surface area contributed by atoms with E-state index >= 15 is 0 Å². The predicted molar refractivity (Wildman–Crippen MR) is 148 cm³/mol. The zero-order valence-electron chi connectivity index (χ0n) is 20.6. The molecule has 35 heavy (non-hydrogen) atoms. The molecular formula is C32H32N2O. The Labute approximate surface area is 207 Å². The van der Waals surface area contributed by atoms with Gasteiger partial charge in [0.1, 0.15) is 0 Å². The molecule has 3 heteroatoms. The van der Waals surface area contributed by atoms with Crippen LogP contribution in [0.25, 0.3) is 33.3 Å². The first-order valence-electron chi connectivity index (χ1n) is 12.2. The third-order valence-electron chi connectivity index (χ3n) is 6.59. The van der Waals surface area contributed by atoms with E-state index in [4.69, 9.17) is 0 Å². The Morgan fingerprint density at radius 3 is 2.03 bits per heavy atom. The first kappa shape index (κ1) is 22.9. The van der Waals surface area contributed by atoms with Gasteiger partial charge in [-0.3, -0.25) is 0 Å². The van der Waals surface area contributed by atoms with Gasteiger partial charge < -0.3 is 15.0 Å². The summed E-state index contributed by atoms with van der Waals surface area (Å²) in [5.41, 5.74) is 10.6. The summed E-state index contributed by atoms with van der Waals surface area (Å²) in [7, 11) is 0. The van der Waals surface area contributed by atoms with Crippen LogP contribution < -0.4 is 5.32 Å². The number of nitrogens with one attached hydrogen (secondary N) is 1. The molecule has 1 unspecified atom stereocenters. The van der Waals surface area contributed by atoms with Crippen LogP contribution in [0.1, 0.15) is 16.7 Å². The highest BCUT2D eigenvalue weighted by atomic mass is 16.3. The number of aryl methyl sites for hydroxylation is 3. The van der Waals surface area contributed by atoms with Crippen LogP contribution >= 0.6 is 0 Å². The summed E-state index contributed by atoms with van der Waals surface area (Å²) in [6, 6.07) is 33.9. The van der Waals surface area contributed by atoms with Gasteiger partial charge in [-0.25, -0.2) is 0 Å². The van der Waals surface area contributed by atoms with Crippen molar-refractivity contribution < 1.29 is 5.11 Å². The highest BCUT2D eigenvalue weighted by molar-refractivity contribution is 6.06. The largest absolute Gasteiger partial charge is 0.389 e. The summed E-state index contributed by atoms with van der Waals surface area (Å²) in [4.78, 5) is 0. The summed E-state index contributed by atoms with van der Waals surface area (Å²) in [5.74, 6) is 0. The molecule has 1 heterocycles. The van der Waals surface area contributed by atoms with Crippen LogP contribution in [0, 0.1) is 20.8 Å². The lowest BCUT2D eigenvalue weighted by molar-refractivity contribution is 0.169. The molecule has 2 N–H and O–H groups in total. The number of benzene rings is 4. The van der Waals surface area contributed by atoms with Crippen LogP contribution in [0.2, 0.25) is 0 Å². The Morgan fingerprint density at radius 2 is 1.37 bits per heavy atom. The van der Waals surface area contributed by atoms with E-state index in [9.17, 15) is 5.11 Å². The van der Waals surface area contributed by atoms with Gasteiger partial charge in [0.25, 0.3) is 0 Å². The Bertz CT molecular complexity index is 1430. The van der Waals surface area contributed by atoms with Crippen LogP contribution in [0.4, 0.5) is 5.69 Å². The van der Waals surface area contributed by atoms with Crippen molar-refractivity contribution >= 4 is 16.6 Å². The van der Waals surface area contributed by atoms with Crippen LogP contribution in [-0.4, -0.2) is 22.3 Å². The molecule has 0 aliphatic carbocycles. The van der Waals surface area contributed by atoms with Crippen molar-refractivity contribution in [1.29, 1.82) is 0 Å². The minimum Gasteiger partial charge on any atom is -0.389 e. The minimum absolute atomic E-state index is 0.475. The molecule has 5 aromatic rings. The molecule has 0 amide bonds. The quantitative estimate of drug-likeness (QED) is 0.266. The van der Waals surface area contributed by atoms with E-state index in [1.165, 1.54) is 38.7 Å². The van der Waals surface area contributed by atoms with Crippen LogP contribution in [0.15, 0.2) is 97.1 Å². The van der Waals surface area contributed by atoms with Crippen LogP contribution in [-0.2, 0) is 6.54 Å². The average Bonchev–Trinajstić information content (AvgIpc) is 3.18. The number of anilines is 1. The molecule has 0 fully saturated rings. The van der Waals surface area contributed by atoms with Crippen molar-refractivity contribution in [2.45, 2.75) is 33.4 Å². The number of fused-ring (bicyclic) bond motifs is 1. The Kier molecular flexibility index (Phi) is 6.43. The summed E-state index contributed by atoms with van der Waals surface area (Å²) in [6.45, 7) is 7.38. The Balaban J connectivity index is 1.64. The normalized spacial score (nSPS) is 12.1. The molecule has 0 aliphatic heterocycles. The van der Waals surface area contributed by atoms with Crippen LogP contribution in [0.5, 0.6) is 0 Å². The van der Waals surface area contributed by atoms with E-state index in [2.05, 4.69) is 128 Å². The third-order valence-corrected chi connectivity index (χ3v) is 6.59. The molecule has 3 nitrogen and oxygen atoms in total. The second-order valence-electron chi connectivity index (χ2n) is 9.44. The van der Waals surface area contributed by atoms with Crippen molar-refractivity contribution in [3.8, 4) is 22.4 Å². The van der Waals surface area contributed by atoms with E-state index < -0.39 is 6.10 Å². The smallest absolute Gasteiger partial charge is 0.0891 e. The van der Waals surface area contributed by atoms with Gasteiger partial charge in [-0.05, 0) is 55.7 Å². The Hall–Kier alpha value is -3.82. The lowest BCUT2D eigenvalue weighted by Gasteiger charge is -2.19. The van der Waals surface area contributed by atoms with Gasteiger partial charge in [0, 0.05) is 23.2 Å². The molecule has 0 spiro atoms. The second kappa shape index (κ2) is 9.81. The standard InChI is InChI=1S/C32H32N2O/c1-22-14-16-27(17-15-22)33-20-28(35)21-34-31-24(3)18-23(2)19-29(31)30(25-10-6-4-7-11-25)32(34)26-12-8-5-9-13-26/h4-19,28,33,35H,20-21H2,1-3H3. The van der Waals surface area contributed by atoms with E-state index in [-0.39, 0.29) is 0 Å². The number of aromatic nitrogens is 1. The summed E-state index contributed by atoms with van der Waals surface area (Å²) in [5, 5.41) is 15.8. The zero-order valence-corrected chi connectivity index (χ0v) is 20.6. The lowest BCUT2D eigenvalue weighted by Crippen LogP contribution is -2.25. The van der Waals surface area contributed by atoms with Crippen molar-refractivity contribution in [2.24, 2.45) is 0 Å². The number of rotatable bonds is 7. The first-order valence-corrected chi connectivity index (χ1v) is 12.2. The SMILES string of the molecule is Cc1ccc(NCC(O)Cn2c(-c3ccccc3)c(-c3ccccc3)c3cc(C)cc(C)c32)cc1. The highest BCUT2D eigenvalue weighted by Gasteiger charge is 2.23. The molecule has 176 valence electrons. The molecule has 0 saturated carbocycles. The summed E-state index contributed by atoms with van der Waals surface area (Å²) < 4.78 is 2.32.